The van der Waals surface area contributed by atoms with E-state index >= 15 is 0 Å². The predicted octanol–water partition coefficient (Wildman–Crippen LogP) is 6.53. The monoisotopic (exact) mass is 592 g/mol. The number of halogens is 2. The zero-order chi connectivity index (χ0) is 24.7. The molecule has 0 bridgehead atoms. The van der Waals surface area contributed by atoms with Crippen molar-refractivity contribution in [2.24, 2.45) is 11.8 Å². The number of rotatable bonds is 11. The van der Waals surface area contributed by atoms with E-state index in [0.29, 0.717) is 6.54 Å². The van der Waals surface area contributed by atoms with Gasteiger partial charge in [-0.2, -0.15) is 4.31 Å². The number of likely N-dealkylation sites (tertiary alicyclic amines) is 1. The molecule has 5 nitrogen and oxygen atoms in total. The van der Waals surface area contributed by atoms with Crippen LogP contribution in [0, 0.1) is 11.8 Å². The van der Waals surface area contributed by atoms with Gasteiger partial charge < -0.3 is 9.64 Å². The van der Waals surface area contributed by atoms with Gasteiger partial charge in [-0.05, 0) is 127 Å². The van der Waals surface area contributed by atoms with Crippen LogP contribution < -0.4 is 4.74 Å². The fourth-order valence-electron chi connectivity index (χ4n) is 5.87. The summed E-state index contributed by atoms with van der Waals surface area (Å²) in [7, 11) is -3.08. The van der Waals surface area contributed by atoms with Gasteiger partial charge in [0.25, 0.3) is 0 Å². The molecule has 3 rings (SSSR count). The molecule has 0 unspecified atom stereocenters. The average Bonchev–Trinajstić information content (AvgIpc) is 2.77. The first-order chi connectivity index (χ1) is 16.2. The van der Waals surface area contributed by atoms with E-state index in [-0.39, 0.29) is 24.6 Å². The summed E-state index contributed by atoms with van der Waals surface area (Å²) in [6.07, 6.45) is 12.2. The molecule has 0 atom stereocenters. The van der Waals surface area contributed by atoms with E-state index in [1.165, 1.54) is 74.5 Å². The second-order valence-corrected chi connectivity index (χ2v) is 13.5. The zero-order valence-corrected chi connectivity index (χ0v) is 25.3. The second kappa shape index (κ2) is 14.6. The lowest BCUT2D eigenvalue weighted by atomic mass is 9.83. The van der Waals surface area contributed by atoms with E-state index in [1.807, 2.05) is 13.0 Å². The Hall–Kier alpha value is -0.340. The summed E-state index contributed by atoms with van der Waals surface area (Å²) in [5.74, 6) is 2.48. The number of sulfonamides is 1. The Kier molecular flexibility index (Phi) is 12.8. The number of ether oxygens (including phenoxy) is 1. The largest absolute Gasteiger partial charge is 0.491 e. The Morgan fingerprint density at radius 3 is 2.31 bits per heavy atom. The molecular weight excluding hydrogens is 548 g/mol. The Balaban J connectivity index is 0.00000432. The highest BCUT2D eigenvalue weighted by Crippen LogP contribution is 2.32. The molecule has 1 saturated carbocycles. The minimum Gasteiger partial charge on any atom is -0.491 e. The van der Waals surface area contributed by atoms with Crippen molar-refractivity contribution in [1.29, 1.82) is 0 Å². The van der Waals surface area contributed by atoms with Crippen molar-refractivity contribution in [2.45, 2.75) is 90.7 Å². The average molecular weight is 594 g/mol. The van der Waals surface area contributed by atoms with Gasteiger partial charge in [0.1, 0.15) is 5.75 Å². The molecule has 0 spiro atoms. The lowest BCUT2D eigenvalue weighted by molar-refractivity contribution is 0.169. The maximum absolute atomic E-state index is 12.0. The highest BCUT2D eigenvalue weighted by molar-refractivity contribution is 9.10. The van der Waals surface area contributed by atoms with Crippen molar-refractivity contribution in [1.82, 2.24) is 9.21 Å². The highest BCUT2D eigenvalue weighted by atomic mass is 79.9. The summed E-state index contributed by atoms with van der Waals surface area (Å²) >= 11 is 3.73. The third-order valence-corrected chi connectivity index (χ3v) is 9.83. The lowest BCUT2D eigenvalue weighted by Crippen LogP contribution is -2.41. The van der Waals surface area contributed by atoms with Crippen LogP contribution in [0.5, 0.6) is 5.75 Å². The molecule has 35 heavy (non-hydrogen) atoms. The van der Waals surface area contributed by atoms with E-state index < -0.39 is 10.0 Å². The lowest BCUT2D eigenvalue weighted by Gasteiger charge is -2.35. The standard InChI is InChI=1S/C27H45BrN2O3S.ClH/c1-5-30(34(4,31)32)25-10-8-22(9-11-25)7-6-16-29-17-14-23(15-18-29)19-24-20-26(33-21(2)3)12-13-27(24)28;/h12-13,20-23,25H,5-11,14-19H2,1-4H3;1H/t22-,25-;. The minimum absolute atomic E-state index is 0. The molecule has 0 radical (unpaired) electrons. The molecule has 2 fully saturated rings. The summed E-state index contributed by atoms with van der Waals surface area (Å²) in [6, 6.07) is 6.60. The van der Waals surface area contributed by atoms with Crippen molar-refractivity contribution in [3.63, 3.8) is 0 Å². The molecule has 202 valence electrons. The number of nitrogens with zero attached hydrogens (tertiary/aromatic N) is 2. The van der Waals surface area contributed by atoms with Gasteiger partial charge in [-0.15, -0.1) is 12.4 Å². The van der Waals surface area contributed by atoms with Crippen molar-refractivity contribution in [2.75, 3.05) is 32.4 Å². The van der Waals surface area contributed by atoms with E-state index in [1.54, 1.807) is 4.31 Å². The summed E-state index contributed by atoms with van der Waals surface area (Å²) in [5.41, 5.74) is 1.37. The molecule has 1 aliphatic heterocycles. The molecule has 0 amide bonds. The summed E-state index contributed by atoms with van der Waals surface area (Å²) < 4.78 is 32.8. The van der Waals surface area contributed by atoms with Crippen LogP contribution in [0.25, 0.3) is 0 Å². The van der Waals surface area contributed by atoms with Crippen molar-refractivity contribution in [3.05, 3.63) is 28.2 Å². The Labute approximate surface area is 228 Å². The third-order valence-electron chi connectivity index (χ3n) is 7.65. The van der Waals surface area contributed by atoms with Gasteiger partial charge in [-0.25, -0.2) is 8.42 Å². The summed E-state index contributed by atoms with van der Waals surface area (Å²) in [6.45, 7) is 10.3. The van der Waals surface area contributed by atoms with Crippen LogP contribution in [0.3, 0.4) is 0 Å². The van der Waals surface area contributed by atoms with Crippen molar-refractivity contribution < 1.29 is 13.2 Å². The predicted molar refractivity (Wildman–Crippen MR) is 152 cm³/mol. The number of hydrogen-bond acceptors (Lipinski definition) is 4. The molecule has 1 aliphatic carbocycles. The maximum atomic E-state index is 12.0. The van der Waals surface area contributed by atoms with Crippen molar-refractivity contribution in [3.8, 4) is 5.75 Å². The van der Waals surface area contributed by atoms with Gasteiger partial charge in [0.15, 0.2) is 0 Å². The molecular formula is C27H46BrClN2O3S. The van der Waals surface area contributed by atoms with E-state index in [0.717, 1.165) is 36.8 Å². The van der Waals surface area contributed by atoms with Crippen LogP contribution in [0.2, 0.25) is 0 Å². The quantitative estimate of drug-likeness (QED) is 0.293. The molecule has 0 aromatic heterocycles. The van der Waals surface area contributed by atoms with E-state index in [4.69, 9.17) is 4.74 Å². The van der Waals surface area contributed by atoms with Crippen LogP contribution in [0.15, 0.2) is 22.7 Å². The molecule has 1 saturated heterocycles. The van der Waals surface area contributed by atoms with Gasteiger partial charge in [0, 0.05) is 17.1 Å². The first-order valence-corrected chi connectivity index (χ1v) is 15.9. The number of piperidine rings is 1. The third kappa shape index (κ3) is 9.81. The Morgan fingerprint density at radius 1 is 1.09 bits per heavy atom. The smallest absolute Gasteiger partial charge is 0.211 e. The Morgan fingerprint density at radius 2 is 1.74 bits per heavy atom. The molecule has 1 aromatic carbocycles. The van der Waals surface area contributed by atoms with Crippen molar-refractivity contribution >= 4 is 38.4 Å². The first kappa shape index (κ1) is 30.9. The second-order valence-electron chi connectivity index (χ2n) is 10.7. The SMILES string of the molecule is CCN([C@H]1CC[C@H](CCCN2CCC(Cc3cc(OC(C)C)ccc3Br)CC2)CC1)S(C)(=O)=O.Cl. The molecule has 1 aromatic rings. The van der Waals surface area contributed by atoms with Gasteiger partial charge in [0.05, 0.1) is 12.4 Å². The fourth-order valence-corrected chi connectivity index (χ4v) is 7.50. The number of benzene rings is 1. The molecule has 8 heteroatoms. The van der Waals surface area contributed by atoms with Gasteiger partial charge >= 0.3 is 0 Å². The van der Waals surface area contributed by atoms with Gasteiger partial charge in [0.2, 0.25) is 10.0 Å². The molecule has 2 aliphatic rings. The van der Waals surface area contributed by atoms with Gasteiger partial charge in [-0.1, -0.05) is 22.9 Å². The fraction of sp³-hybridized carbons (Fsp3) is 0.778. The summed E-state index contributed by atoms with van der Waals surface area (Å²) in [4.78, 5) is 2.65. The first-order valence-electron chi connectivity index (χ1n) is 13.3. The van der Waals surface area contributed by atoms with Crippen LogP contribution in [0.4, 0.5) is 0 Å². The van der Waals surface area contributed by atoms with E-state index in [2.05, 4.69) is 46.8 Å². The Bertz CT molecular complexity index is 867. The molecule has 1 heterocycles. The highest BCUT2D eigenvalue weighted by Gasteiger charge is 2.29. The minimum atomic E-state index is -3.08. The van der Waals surface area contributed by atoms with E-state index in [9.17, 15) is 8.42 Å². The summed E-state index contributed by atoms with van der Waals surface area (Å²) in [5, 5.41) is 0. The van der Waals surface area contributed by atoms with Crippen LogP contribution in [-0.4, -0.2) is 62.2 Å². The molecule has 0 N–H and O–H groups in total. The number of hydrogen-bond donors (Lipinski definition) is 0. The maximum Gasteiger partial charge on any atom is 0.211 e. The van der Waals surface area contributed by atoms with Crippen LogP contribution >= 0.6 is 28.3 Å². The normalized spacial score (nSPS) is 22.4. The van der Waals surface area contributed by atoms with Crippen LogP contribution in [0.1, 0.15) is 77.7 Å². The van der Waals surface area contributed by atoms with Gasteiger partial charge in [-0.3, -0.25) is 0 Å². The van der Waals surface area contributed by atoms with Crippen LogP contribution in [-0.2, 0) is 16.4 Å². The zero-order valence-electron chi connectivity index (χ0n) is 22.0. The topological polar surface area (TPSA) is 49.9 Å².